The molecule has 0 aliphatic rings. The highest BCUT2D eigenvalue weighted by atomic mass is 16.4. The smallest absolute Gasteiger partial charge is 0.325 e. The second-order valence-corrected chi connectivity index (χ2v) is 7.79. The quantitative estimate of drug-likeness (QED) is 0.119. The van der Waals surface area contributed by atoms with Gasteiger partial charge in [0.1, 0.15) is 30.2 Å². The molecule has 15 nitrogen and oxygen atoms in total. The number of hydrogen-bond acceptors (Lipinski definition) is 9. The van der Waals surface area contributed by atoms with Crippen molar-refractivity contribution in [2.75, 3.05) is 6.61 Å². The zero-order valence-electron chi connectivity index (χ0n) is 19.6. The van der Waals surface area contributed by atoms with Gasteiger partial charge in [0.15, 0.2) is 0 Å². The van der Waals surface area contributed by atoms with Crippen molar-refractivity contribution in [1.82, 2.24) is 26.6 Å². The van der Waals surface area contributed by atoms with Gasteiger partial charge in [-0.2, -0.15) is 0 Å². The van der Waals surface area contributed by atoms with Gasteiger partial charge >= 0.3 is 5.97 Å². The van der Waals surface area contributed by atoms with Gasteiger partial charge in [-0.25, -0.2) is 0 Å². The molecule has 34 heavy (non-hydrogen) atoms. The number of nitrogens with one attached hydrogen (secondary N) is 5. The van der Waals surface area contributed by atoms with E-state index in [1.807, 2.05) is 0 Å². The lowest BCUT2D eigenvalue weighted by atomic mass is 10.1. The number of carboxylic acid groups (broad SMARTS) is 1. The molecule has 0 aromatic heterocycles. The molecule has 0 unspecified atom stereocenters. The van der Waals surface area contributed by atoms with Crippen molar-refractivity contribution in [2.24, 2.45) is 5.73 Å². The number of carbonyl (C=O) groups excluding carboxylic acids is 5. The minimum Gasteiger partial charge on any atom is -0.480 e. The summed E-state index contributed by atoms with van der Waals surface area (Å²) in [7, 11) is 0. The summed E-state index contributed by atoms with van der Waals surface area (Å²) < 4.78 is 0. The van der Waals surface area contributed by atoms with Crippen LogP contribution >= 0.6 is 0 Å². The molecule has 0 spiro atoms. The maximum Gasteiger partial charge on any atom is 0.325 e. The summed E-state index contributed by atoms with van der Waals surface area (Å²) in [5.41, 5.74) is 5.40. The van der Waals surface area contributed by atoms with E-state index in [1.54, 1.807) is 0 Å². The molecule has 0 saturated carbocycles. The molecule has 194 valence electrons. The van der Waals surface area contributed by atoms with Crippen molar-refractivity contribution in [1.29, 1.82) is 0 Å². The molecule has 0 heterocycles. The van der Waals surface area contributed by atoms with Gasteiger partial charge in [0.2, 0.25) is 29.5 Å². The van der Waals surface area contributed by atoms with Crippen LogP contribution in [0, 0.1) is 0 Å². The molecule has 0 fully saturated rings. The zero-order chi connectivity index (χ0) is 26.7. The van der Waals surface area contributed by atoms with Crippen LogP contribution in [-0.2, 0) is 28.8 Å². The molecule has 0 rings (SSSR count). The summed E-state index contributed by atoms with van der Waals surface area (Å²) in [4.78, 5) is 71.6. The number of hydrogen-bond donors (Lipinski definition) is 9. The topological polar surface area (TPSA) is 249 Å². The maximum atomic E-state index is 12.5. The molecule has 0 saturated heterocycles. The Hall–Kier alpha value is -3.30. The fourth-order valence-electron chi connectivity index (χ4n) is 2.33. The zero-order valence-corrected chi connectivity index (χ0v) is 19.6. The molecule has 0 aromatic rings. The molecule has 0 aliphatic carbocycles. The standard InChI is InChI=1S/C19H34N6O9/c1-7(20)14(28)21-9(3)16(30)24-12(6-26)17(31)25-13(11(5)27)18(32)22-8(2)15(29)23-10(4)19(33)34/h7-13,26-27H,6,20H2,1-5H3,(H,21,28)(H,22,32)(H,23,29)(H,24,30)(H,25,31)(H,33,34)/t7-,8-,9-,10-,11+,12-,13-/m0/s1. The average Bonchev–Trinajstić information content (AvgIpc) is 2.74. The maximum absolute atomic E-state index is 12.5. The van der Waals surface area contributed by atoms with Crippen LogP contribution in [0.2, 0.25) is 0 Å². The monoisotopic (exact) mass is 490 g/mol. The Labute approximate surface area is 196 Å². The molecule has 0 bridgehead atoms. The van der Waals surface area contributed by atoms with E-state index in [0.29, 0.717) is 0 Å². The molecular weight excluding hydrogens is 456 g/mol. The molecule has 0 radical (unpaired) electrons. The van der Waals surface area contributed by atoms with Crippen molar-refractivity contribution in [2.45, 2.75) is 77.0 Å². The average molecular weight is 491 g/mol. The highest BCUT2D eigenvalue weighted by molar-refractivity contribution is 5.96. The number of amides is 5. The third-order valence-electron chi connectivity index (χ3n) is 4.53. The first-order valence-electron chi connectivity index (χ1n) is 10.4. The number of carboxylic acids is 1. The molecule has 10 N–H and O–H groups in total. The minimum atomic E-state index is -1.58. The van der Waals surface area contributed by atoms with E-state index >= 15 is 0 Å². The minimum absolute atomic E-state index is 0.616. The van der Waals surface area contributed by atoms with Gasteiger partial charge < -0.3 is 47.6 Å². The van der Waals surface area contributed by atoms with E-state index in [0.717, 1.165) is 0 Å². The third kappa shape index (κ3) is 10.1. The Morgan fingerprint density at radius 1 is 0.676 bits per heavy atom. The predicted molar refractivity (Wildman–Crippen MR) is 117 cm³/mol. The van der Waals surface area contributed by atoms with Crippen LogP contribution in [0.15, 0.2) is 0 Å². The molecule has 15 heteroatoms. The molecular formula is C19H34N6O9. The van der Waals surface area contributed by atoms with E-state index < -0.39 is 84.5 Å². The van der Waals surface area contributed by atoms with Crippen LogP contribution < -0.4 is 32.3 Å². The Bertz CT molecular complexity index is 773. The summed E-state index contributed by atoms with van der Waals surface area (Å²) in [6.45, 7) is 5.52. The van der Waals surface area contributed by atoms with E-state index in [-0.39, 0.29) is 0 Å². The molecule has 7 atom stereocenters. The first-order valence-corrected chi connectivity index (χ1v) is 10.4. The van der Waals surface area contributed by atoms with Gasteiger partial charge in [-0.05, 0) is 34.6 Å². The van der Waals surface area contributed by atoms with Gasteiger partial charge in [0.05, 0.1) is 18.8 Å². The number of aliphatic carboxylic acids is 1. The Morgan fingerprint density at radius 2 is 1.12 bits per heavy atom. The lowest BCUT2D eigenvalue weighted by Crippen LogP contribution is -2.61. The van der Waals surface area contributed by atoms with Crippen LogP contribution in [-0.4, -0.2) is 99.8 Å². The fourth-order valence-corrected chi connectivity index (χ4v) is 2.33. The van der Waals surface area contributed by atoms with Crippen molar-refractivity contribution in [3.63, 3.8) is 0 Å². The Morgan fingerprint density at radius 3 is 1.53 bits per heavy atom. The van der Waals surface area contributed by atoms with Crippen molar-refractivity contribution < 1.29 is 44.1 Å². The number of aliphatic hydroxyl groups is 2. The van der Waals surface area contributed by atoms with Crippen molar-refractivity contribution in [3.8, 4) is 0 Å². The fraction of sp³-hybridized carbons (Fsp3) is 0.684. The number of aliphatic hydroxyl groups excluding tert-OH is 2. The van der Waals surface area contributed by atoms with Gasteiger partial charge in [-0.15, -0.1) is 0 Å². The SMILES string of the molecule is C[C@H](N)C(=O)N[C@@H](C)C(=O)N[C@@H](CO)C(=O)N[C@H](C(=O)N[C@@H](C)C(=O)N[C@@H](C)C(=O)O)[C@@H](C)O. The summed E-state index contributed by atoms with van der Waals surface area (Å²) in [5, 5.41) is 39.3. The van der Waals surface area contributed by atoms with Crippen LogP contribution in [0.3, 0.4) is 0 Å². The van der Waals surface area contributed by atoms with Gasteiger partial charge in [-0.1, -0.05) is 0 Å². The van der Waals surface area contributed by atoms with E-state index in [1.165, 1.54) is 34.6 Å². The van der Waals surface area contributed by atoms with E-state index in [9.17, 15) is 39.0 Å². The normalized spacial score (nSPS) is 16.9. The van der Waals surface area contributed by atoms with E-state index in [4.69, 9.17) is 10.8 Å². The summed E-state index contributed by atoms with van der Waals surface area (Å²) in [6.07, 6.45) is -1.45. The molecule has 5 amide bonds. The van der Waals surface area contributed by atoms with Gasteiger partial charge in [-0.3, -0.25) is 28.8 Å². The Balaban J connectivity index is 5.14. The number of nitrogens with two attached hydrogens (primary N) is 1. The third-order valence-corrected chi connectivity index (χ3v) is 4.53. The lowest BCUT2D eigenvalue weighted by Gasteiger charge is -2.26. The highest BCUT2D eigenvalue weighted by Crippen LogP contribution is 1.98. The number of carbonyl (C=O) groups is 6. The van der Waals surface area contributed by atoms with Crippen LogP contribution in [0.5, 0.6) is 0 Å². The first-order chi connectivity index (χ1) is 15.6. The van der Waals surface area contributed by atoms with Crippen LogP contribution in [0.25, 0.3) is 0 Å². The highest BCUT2D eigenvalue weighted by Gasteiger charge is 2.32. The summed E-state index contributed by atoms with van der Waals surface area (Å²) >= 11 is 0. The summed E-state index contributed by atoms with van der Waals surface area (Å²) in [5.74, 6) is -5.55. The van der Waals surface area contributed by atoms with E-state index in [2.05, 4.69) is 26.6 Å². The van der Waals surface area contributed by atoms with Crippen LogP contribution in [0.1, 0.15) is 34.6 Å². The molecule has 0 aliphatic heterocycles. The largest absolute Gasteiger partial charge is 0.480 e. The van der Waals surface area contributed by atoms with Crippen molar-refractivity contribution >= 4 is 35.5 Å². The second kappa shape index (κ2) is 14.1. The second-order valence-electron chi connectivity index (χ2n) is 7.79. The number of rotatable bonds is 13. The molecule has 0 aromatic carbocycles. The lowest BCUT2D eigenvalue weighted by molar-refractivity contribution is -0.141. The first kappa shape index (κ1) is 30.7. The van der Waals surface area contributed by atoms with Crippen molar-refractivity contribution in [3.05, 3.63) is 0 Å². The summed E-state index contributed by atoms with van der Waals surface area (Å²) in [6, 6.07) is -7.52. The predicted octanol–water partition coefficient (Wildman–Crippen LogP) is -4.72. The van der Waals surface area contributed by atoms with Crippen LogP contribution in [0.4, 0.5) is 0 Å². The van der Waals surface area contributed by atoms with Gasteiger partial charge in [0, 0.05) is 0 Å². The Kier molecular flexibility index (Phi) is 12.7. The van der Waals surface area contributed by atoms with Gasteiger partial charge in [0.25, 0.3) is 0 Å².